The Morgan fingerprint density at radius 2 is 1.66 bits per heavy atom. The van der Waals surface area contributed by atoms with Crippen LogP contribution in [0.2, 0.25) is 0 Å². The van der Waals surface area contributed by atoms with Crippen LogP contribution in [-0.4, -0.2) is 87.3 Å². The lowest BCUT2D eigenvalue weighted by Crippen LogP contribution is -2.52. The molecule has 1 N–H and O–H groups in total. The minimum absolute atomic E-state index is 0.279. The van der Waals surface area contributed by atoms with Crippen molar-refractivity contribution < 1.29 is 9.90 Å². The van der Waals surface area contributed by atoms with Crippen molar-refractivity contribution in [2.45, 2.75) is 82.7 Å². The van der Waals surface area contributed by atoms with Crippen molar-refractivity contribution in [1.82, 2.24) is 24.9 Å². The van der Waals surface area contributed by atoms with Crippen LogP contribution >= 0.6 is 0 Å². The Morgan fingerprint density at radius 1 is 0.932 bits per heavy atom. The normalized spacial score (nSPS) is 25.3. The number of benzene rings is 2. The molecule has 3 fully saturated rings. The maximum atomic E-state index is 11.7. The number of aromatic nitrogens is 3. The molecule has 8 nitrogen and oxygen atoms in total. The second kappa shape index (κ2) is 14.7. The summed E-state index contributed by atoms with van der Waals surface area (Å²) in [4.78, 5) is 18.9. The van der Waals surface area contributed by atoms with Gasteiger partial charge in [-0.05, 0) is 55.1 Å². The molecule has 4 atom stereocenters. The van der Waals surface area contributed by atoms with Gasteiger partial charge in [-0.1, -0.05) is 85.3 Å². The molecule has 2 aliphatic heterocycles. The average Bonchev–Trinajstić information content (AvgIpc) is 3.68. The van der Waals surface area contributed by atoms with E-state index in [4.69, 9.17) is 10.2 Å². The molecule has 2 saturated heterocycles. The number of carbonyl (C=O) groups is 1. The van der Waals surface area contributed by atoms with Crippen molar-refractivity contribution in [3.63, 3.8) is 0 Å². The van der Waals surface area contributed by atoms with Gasteiger partial charge in [-0.15, -0.1) is 10.2 Å². The lowest BCUT2D eigenvalue weighted by Gasteiger charge is -2.40. The number of piperidine rings is 1. The Balaban J connectivity index is 1.09. The number of nitrogens with zero attached hydrogens (tertiary/aromatic N) is 6. The van der Waals surface area contributed by atoms with Crippen LogP contribution in [0.5, 0.6) is 0 Å². The molecule has 1 aromatic heterocycles. The number of likely N-dealkylation sites (tertiary alicyclic amines) is 2. The van der Waals surface area contributed by atoms with Gasteiger partial charge in [-0.2, -0.15) is 0 Å². The van der Waals surface area contributed by atoms with Crippen molar-refractivity contribution >= 4 is 5.97 Å². The van der Waals surface area contributed by atoms with E-state index in [9.17, 15) is 9.90 Å². The first-order valence-corrected chi connectivity index (χ1v) is 17.0. The van der Waals surface area contributed by atoms with E-state index in [1.807, 2.05) is 11.1 Å². The van der Waals surface area contributed by atoms with Gasteiger partial charge in [0.05, 0.1) is 17.9 Å². The predicted octanol–water partition coefficient (Wildman–Crippen LogP) is 5.43. The monoisotopic (exact) mass is 598 g/mol. The Hall–Kier alpha value is -3.23. The van der Waals surface area contributed by atoms with E-state index in [1.54, 1.807) is 0 Å². The van der Waals surface area contributed by atoms with Crippen LogP contribution in [0.25, 0.3) is 0 Å². The van der Waals surface area contributed by atoms with E-state index in [-0.39, 0.29) is 5.92 Å². The molecule has 1 saturated carbocycles. The summed E-state index contributed by atoms with van der Waals surface area (Å²) < 4.78 is 0. The quantitative estimate of drug-likeness (QED) is 0.298. The van der Waals surface area contributed by atoms with Gasteiger partial charge in [0.1, 0.15) is 0 Å². The molecule has 1 aliphatic carbocycles. The molecule has 3 aliphatic rings. The van der Waals surface area contributed by atoms with E-state index in [2.05, 4.69) is 82.4 Å². The third-order valence-corrected chi connectivity index (χ3v) is 10.4. The van der Waals surface area contributed by atoms with Crippen LogP contribution in [0, 0.1) is 11.8 Å². The minimum atomic E-state index is -0.644. The number of carboxylic acids is 1. The summed E-state index contributed by atoms with van der Waals surface area (Å²) in [6.45, 7) is 8.60. The van der Waals surface area contributed by atoms with Crippen molar-refractivity contribution in [2.24, 2.45) is 11.8 Å². The third kappa shape index (κ3) is 7.52. The van der Waals surface area contributed by atoms with Crippen LogP contribution in [0.4, 0.5) is 0 Å². The number of hydrogen-bond acceptors (Lipinski definition) is 6. The zero-order valence-electron chi connectivity index (χ0n) is 26.4. The smallest absolute Gasteiger partial charge is 0.303 e. The Morgan fingerprint density at radius 3 is 2.39 bits per heavy atom. The molecule has 0 amide bonds. The molecule has 2 aromatic carbocycles. The van der Waals surface area contributed by atoms with Crippen molar-refractivity contribution in [2.75, 3.05) is 44.3 Å². The van der Waals surface area contributed by atoms with Crippen LogP contribution in [0.1, 0.15) is 81.0 Å². The number of hydrogen-bond donors (Lipinski definition) is 1. The van der Waals surface area contributed by atoms with Gasteiger partial charge in [-0.3, -0.25) is 14.7 Å². The second-order valence-corrected chi connectivity index (χ2v) is 13.4. The fourth-order valence-electron chi connectivity index (χ4n) is 8.24. The third-order valence-electron chi connectivity index (χ3n) is 10.4. The first kappa shape index (κ1) is 30.8. The minimum Gasteiger partial charge on any atom is -0.481 e. The van der Waals surface area contributed by atoms with E-state index < -0.39 is 5.97 Å². The van der Waals surface area contributed by atoms with Crippen molar-refractivity contribution in [3.8, 4) is 0 Å². The molecule has 236 valence electrons. The maximum Gasteiger partial charge on any atom is 0.303 e. The van der Waals surface area contributed by atoms with Gasteiger partial charge in [0, 0.05) is 64.1 Å². The molecular formula is C36H50N6O2. The fourth-order valence-corrected chi connectivity index (χ4v) is 8.24. The zero-order chi connectivity index (χ0) is 30.3. The molecular weight excluding hydrogens is 548 g/mol. The van der Waals surface area contributed by atoms with Crippen LogP contribution in [-0.2, 0) is 11.2 Å². The van der Waals surface area contributed by atoms with Gasteiger partial charge in [-0.25, -0.2) is 0 Å². The summed E-state index contributed by atoms with van der Waals surface area (Å²) in [6, 6.07) is 22.4. The standard InChI is InChI=1S/C36H50N6O2/c1-2-19-41(42-37-24-32(38-42)22-28-11-5-3-6-12-28)33-17-20-39(21-18-33)25-31-26-40(27-34(31)29-13-7-4-8-14-29)35-16-10-9-15-30(35)23-36(43)44/h3-8,11-14,24,30-31,33-35H,2,9-10,15-23,25-27H2,1H3,(H,43,44)/t30?,31-,34+,35+/m0/s1. The topological polar surface area (TPSA) is 77.7 Å². The van der Waals surface area contributed by atoms with E-state index >= 15 is 0 Å². The Kier molecular flexibility index (Phi) is 10.3. The number of aliphatic carboxylic acids is 1. The molecule has 8 heteroatoms. The first-order valence-electron chi connectivity index (χ1n) is 17.0. The van der Waals surface area contributed by atoms with E-state index in [0.29, 0.717) is 30.3 Å². The highest BCUT2D eigenvalue weighted by Crippen LogP contribution is 2.40. The van der Waals surface area contributed by atoms with Gasteiger partial charge in [0.15, 0.2) is 0 Å². The summed E-state index contributed by atoms with van der Waals surface area (Å²) in [5.74, 6) is 0.687. The van der Waals surface area contributed by atoms with E-state index in [0.717, 1.165) is 83.5 Å². The van der Waals surface area contributed by atoms with Gasteiger partial charge in [0.25, 0.3) is 0 Å². The van der Waals surface area contributed by atoms with Crippen LogP contribution in [0.3, 0.4) is 0 Å². The molecule has 6 rings (SSSR count). The summed E-state index contributed by atoms with van der Waals surface area (Å²) in [5, 5.41) is 21.6. The predicted molar refractivity (Wildman–Crippen MR) is 174 cm³/mol. The van der Waals surface area contributed by atoms with Crippen LogP contribution in [0.15, 0.2) is 66.9 Å². The van der Waals surface area contributed by atoms with Gasteiger partial charge >= 0.3 is 5.97 Å². The molecule has 44 heavy (non-hydrogen) atoms. The Bertz CT molecular complexity index is 1310. The number of carboxylic acid groups (broad SMARTS) is 1. The first-order chi connectivity index (χ1) is 21.6. The number of rotatable bonds is 12. The van der Waals surface area contributed by atoms with Crippen molar-refractivity contribution in [1.29, 1.82) is 0 Å². The Labute approximate surface area is 263 Å². The largest absolute Gasteiger partial charge is 0.481 e. The highest BCUT2D eigenvalue weighted by molar-refractivity contribution is 5.67. The summed E-state index contributed by atoms with van der Waals surface area (Å²) >= 11 is 0. The summed E-state index contributed by atoms with van der Waals surface area (Å²) in [5.41, 5.74) is 3.71. The zero-order valence-corrected chi connectivity index (χ0v) is 26.4. The molecule has 3 heterocycles. The molecule has 0 spiro atoms. The lowest BCUT2D eigenvalue weighted by atomic mass is 9.81. The lowest BCUT2D eigenvalue weighted by molar-refractivity contribution is -0.139. The van der Waals surface area contributed by atoms with Crippen LogP contribution < -0.4 is 5.01 Å². The van der Waals surface area contributed by atoms with Crippen molar-refractivity contribution in [3.05, 3.63) is 83.7 Å². The molecule has 0 radical (unpaired) electrons. The fraction of sp³-hybridized carbons (Fsp3) is 0.583. The molecule has 0 bridgehead atoms. The SMILES string of the molecule is CCCN(C1CCN(C[C@H]2CN([C@@H]3CCCCC3CC(=O)O)C[C@@H]2c2ccccc2)CC1)n1ncc(Cc2ccccc2)n1. The second-order valence-electron chi connectivity index (χ2n) is 13.4. The highest BCUT2D eigenvalue weighted by atomic mass is 16.4. The van der Waals surface area contributed by atoms with Gasteiger partial charge < -0.3 is 10.0 Å². The van der Waals surface area contributed by atoms with Gasteiger partial charge in [0.2, 0.25) is 0 Å². The molecule has 1 unspecified atom stereocenters. The van der Waals surface area contributed by atoms with E-state index in [1.165, 1.54) is 24.0 Å². The highest BCUT2D eigenvalue weighted by Gasteiger charge is 2.41. The summed E-state index contributed by atoms with van der Waals surface area (Å²) in [6.07, 6.45) is 10.9. The summed E-state index contributed by atoms with van der Waals surface area (Å²) in [7, 11) is 0. The molecule has 3 aromatic rings. The average molecular weight is 599 g/mol. The maximum absolute atomic E-state index is 11.7.